The number of hydrogen-bond acceptors (Lipinski definition) is 12. The van der Waals surface area contributed by atoms with Crippen molar-refractivity contribution in [2.45, 2.75) is 135 Å². The van der Waals surface area contributed by atoms with Gasteiger partial charge in [0.15, 0.2) is 4.21 Å². The lowest BCUT2D eigenvalue weighted by atomic mass is 9.84. The maximum absolute atomic E-state index is 13.7. The number of likely N-dealkylation sites (tertiary alicyclic amines) is 2. The molecule has 3 rings (SSSR count). The third-order valence-electron chi connectivity index (χ3n) is 9.65. The van der Waals surface area contributed by atoms with Crippen molar-refractivity contribution >= 4 is 51.3 Å². The van der Waals surface area contributed by atoms with E-state index in [1.807, 2.05) is 41.5 Å². The quantitative estimate of drug-likeness (QED) is 0.154. The molecule has 0 spiro atoms. The van der Waals surface area contributed by atoms with Crippen molar-refractivity contribution in [2.24, 2.45) is 17.8 Å². The number of ether oxygens (including phenoxy) is 3. The van der Waals surface area contributed by atoms with Crippen LogP contribution in [0, 0.1) is 31.6 Å². The number of rotatable bonds is 16. The van der Waals surface area contributed by atoms with Crippen LogP contribution >= 0.6 is 11.3 Å². The summed E-state index contributed by atoms with van der Waals surface area (Å²) >= 11 is 0.968. The first-order valence-corrected chi connectivity index (χ1v) is 22.0. The normalized spacial score (nSPS) is 16.7. The second kappa shape index (κ2) is 20.8. The third kappa shape index (κ3) is 15.8. The monoisotopic (exact) mass is 828 g/mol. The van der Waals surface area contributed by atoms with Crippen molar-refractivity contribution < 1.29 is 46.6 Å². The first kappa shape index (κ1) is 46.9. The van der Waals surface area contributed by atoms with Crippen LogP contribution in [0.2, 0.25) is 0 Å². The summed E-state index contributed by atoms with van der Waals surface area (Å²) < 4.78 is 44.6. The Hall–Kier alpha value is -3.51. The van der Waals surface area contributed by atoms with Gasteiger partial charge in [-0.15, -0.1) is 11.3 Å². The number of amides is 4. The lowest BCUT2D eigenvalue weighted by Gasteiger charge is -2.34. The molecule has 0 bridgehead atoms. The number of piperidine rings is 2. The summed E-state index contributed by atoms with van der Waals surface area (Å²) in [4.78, 5) is 72.0. The molecule has 0 saturated carbocycles. The second-order valence-electron chi connectivity index (χ2n) is 16.7. The van der Waals surface area contributed by atoms with E-state index < -0.39 is 45.7 Å². The summed E-state index contributed by atoms with van der Waals surface area (Å²) in [5.41, 5.74) is -0.849. The van der Waals surface area contributed by atoms with Crippen LogP contribution in [-0.4, -0.2) is 116 Å². The van der Waals surface area contributed by atoms with Crippen molar-refractivity contribution in [1.29, 1.82) is 0 Å². The Morgan fingerprint density at radius 2 is 1.30 bits per heavy atom. The maximum Gasteiger partial charge on any atom is 0.410 e. The number of carbonyl (C=O) groups excluding carboxylic acids is 5. The zero-order valence-electron chi connectivity index (χ0n) is 34.7. The summed E-state index contributed by atoms with van der Waals surface area (Å²) in [6, 6.07) is -1.40. The minimum absolute atomic E-state index is 0.00680. The molecule has 1 aromatic rings. The Kier molecular flexibility index (Phi) is 17.4. The van der Waals surface area contributed by atoms with Crippen LogP contribution in [0.1, 0.15) is 111 Å². The molecule has 3 N–H and O–H groups in total. The highest BCUT2D eigenvalue weighted by Crippen LogP contribution is 2.30. The van der Waals surface area contributed by atoms with Gasteiger partial charge in [0.25, 0.3) is 10.0 Å². The first-order chi connectivity index (χ1) is 26.1. The van der Waals surface area contributed by atoms with E-state index in [4.69, 9.17) is 14.2 Å². The number of carbonyl (C=O) groups is 5. The zero-order chi connectivity index (χ0) is 41.8. The van der Waals surface area contributed by atoms with Gasteiger partial charge < -0.3 is 34.6 Å². The lowest BCUT2D eigenvalue weighted by molar-refractivity contribution is -0.145. The molecule has 16 nitrogen and oxygen atoms in total. The molecule has 56 heavy (non-hydrogen) atoms. The predicted octanol–water partition coefficient (Wildman–Crippen LogP) is 4.67. The summed E-state index contributed by atoms with van der Waals surface area (Å²) in [7, 11) is -4.15. The topological polar surface area (TPSA) is 203 Å². The molecule has 18 heteroatoms. The summed E-state index contributed by atoms with van der Waals surface area (Å²) in [6.07, 6.45) is 5.32. The van der Waals surface area contributed by atoms with E-state index in [1.54, 1.807) is 30.6 Å². The van der Waals surface area contributed by atoms with Crippen LogP contribution < -0.4 is 15.4 Å². The maximum atomic E-state index is 13.7. The Morgan fingerprint density at radius 1 is 0.821 bits per heavy atom. The molecule has 2 fully saturated rings. The molecule has 4 amide bonds. The molecule has 0 radical (unpaired) electrons. The molecular formula is C38H64N6O10S2. The van der Waals surface area contributed by atoms with Gasteiger partial charge in [0.1, 0.15) is 17.2 Å². The van der Waals surface area contributed by atoms with E-state index in [0.29, 0.717) is 61.6 Å². The van der Waals surface area contributed by atoms with Gasteiger partial charge in [-0.3, -0.25) is 14.4 Å². The average molecular weight is 829 g/mol. The number of nitrogens with zero attached hydrogens (tertiary/aromatic N) is 3. The van der Waals surface area contributed by atoms with Gasteiger partial charge in [-0.1, -0.05) is 0 Å². The van der Waals surface area contributed by atoms with Crippen LogP contribution in [0.5, 0.6) is 0 Å². The molecule has 2 saturated heterocycles. The van der Waals surface area contributed by atoms with Gasteiger partial charge in [0.05, 0.1) is 23.9 Å². The van der Waals surface area contributed by atoms with Crippen molar-refractivity contribution in [1.82, 2.24) is 30.1 Å². The van der Waals surface area contributed by atoms with Crippen LogP contribution in [0.3, 0.4) is 0 Å². The van der Waals surface area contributed by atoms with E-state index in [-0.39, 0.29) is 41.4 Å². The van der Waals surface area contributed by atoms with Gasteiger partial charge >= 0.3 is 18.2 Å². The molecule has 3 heterocycles. The summed E-state index contributed by atoms with van der Waals surface area (Å²) in [5, 5.41) is 5.86. The molecule has 1 atom stereocenters. The van der Waals surface area contributed by atoms with Crippen molar-refractivity contribution in [2.75, 3.05) is 45.9 Å². The van der Waals surface area contributed by atoms with Crippen molar-refractivity contribution in [3.05, 3.63) is 10.7 Å². The number of esters is 1. The highest BCUT2D eigenvalue weighted by Gasteiger charge is 2.32. The number of aromatic nitrogens is 1. The largest absolute Gasteiger partial charge is 0.465 e. The standard InChI is InChI=1S/C38H64N6O10S2/c1-10-52-33(47)30(42-56(50,51)34-25(2)41-26(3)55-34)23-39-31(45)24-40-32(46)29(13-11-27-15-19-43(20-16-27)35(48)53-37(4,5)6)14-12-28-17-21-44(22-18-28)36(49)54-38(7,8)9/h27-30,42H,10-24H2,1-9H3,(H,39,45)(H,40,46)/t30-/m0/s1. The lowest BCUT2D eigenvalue weighted by Crippen LogP contribution is -2.50. The fraction of sp³-hybridized carbons (Fsp3) is 0.789. The van der Waals surface area contributed by atoms with Crippen LogP contribution in [0.25, 0.3) is 0 Å². The Bertz CT molecular complexity index is 1550. The van der Waals surface area contributed by atoms with Gasteiger partial charge in [-0.25, -0.2) is 23.0 Å². The van der Waals surface area contributed by atoms with Gasteiger partial charge in [0.2, 0.25) is 11.8 Å². The molecule has 1 aromatic heterocycles. The predicted molar refractivity (Wildman–Crippen MR) is 211 cm³/mol. The zero-order valence-corrected chi connectivity index (χ0v) is 36.3. The number of sulfonamides is 1. The first-order valence-electron chi connectivity index (χ1n) is 19.7. The van der Waals surface area contributed by atoms with E-state index in [0.717, 1.165) is 49.9 Å². The Balaban J connectivity index is 1.59. The number of nitrogens with one attached hydrogen (secondary N) is 3. The molecule has 2 aliphatic rings. The fourth-order valence-corrected chi connectivity index (χ4v) is 9.44. The van der Waals surface area contributed by atoms with Crippen LogP contribution in [-0.2, 0) is 38.6 Å². The Morgan fingerprint density at radius 3 is 1.71 bits per heavy atom. The smallest absolute Gasteiger partial charge is 0.410 e. The van der Waals surface area contributed by atoms with Gasteiger partial charge in [-0.2, -0.15) is 4.72 Å². The third-order valence-corrected chi connectivity index (χ3v) is 12.8. The van der Waals surface area contributed by atoms with E-state index in [9.17, 15) is 32.4 Å². The summed E-state index contributed by atoms with van der Waals surface area (Å²) in [5.74, 6) is -1.44. The average Bonchev–Trinajstić information content (AvgIpc) is 3.46. The minimum Gasteiger partial charge on any atom is -0.465 e. The minimum atomic E-state index is -4.15. The molecule has 318 valence electrons. The number of hydrogen-bond donors (Lipinski definition) is 3. The van der Waals surface area contributed by atoms with E-state index in [1.165, 1.54) is 0 Å². The molecule has 0 aliphatic carbocycles. The van der Waals surface area contributed by atoms with E-state index >= 15 is 0 Å². The molecule has 0 aromatic carbocycles. The SMILES string of the molecule is CCOC(=O)[C@H](CNC(=O)CNC(=O)C(CCC1CCN(C(=O)OC(C)(C)C)CC1)CCC1CCN(C(=O)OC(C)(C)C)CC1)NS(=O)(=O)c1sc(C)nc1C. The Labute approximate surface area is 336 Å². The van der Waals surface area contributed by atoms with Gasteiger partial charge in [-0.05, 0) is 126 Å². The number of thiazole rings is 1. The van der Waals surface area contributed by atoms with E-state index in [2.05, 4.69) is 20.3 Å². The fourth-order valence-electron chi connectivity index (χ4n) is 6.75. The van der Waals surface area contributed by atoms with Crippen LogP contribution in [0.15, 0.2) is 4.21 Å². The van der Waals surface area contributed by atoms with Gasteiger partial charge in [0, 0.05) is 38.6 Å². The van der Waals surface area contributed by atoms with Crippen LogP contribution in [0.4, 0.5) is 9.59 Å². The molecule has 2 aliphatic heterocycles. The molecule has 0 unspecified atom stereocenters. The number of aryl methyl sites for hydroxylation is 2. The molecular weight excluding hydrogens is 765 g/mol. The second-order valence-corrected chi connectivity index (χ2v) is 19.8. The summed E-state index contributed by atoms with van der Waals surface area (Å²) in [6.45, 7) is 17.4. The highest BCUT2D eigenvalue weighted by atomic mass is 32.2. The van der Waals surface area contributed by atoms with Crippen molar-refractivity contribution in [3.63, 3.8) is 0 Å². The van der Waals surface area contributed by atoms with Crippen molar-refractivity contribution in [3.8, 4) is 0 Å². The highest BCUT2D eigenvalue weighted by molar-refractivity contribution is 7.91.